The highest BCUT2D eigenvalue weighted by Gasteiger charge is 2.11. The quantitative estimate of drug-likeness (QED) is 0.781. The average molecular weight is 330 g/mol. The lowest BCUT2D eigenvalue weighted by molar-refractivity contribution is 0.996. The molecule has 0 unspecified atom stereocenters. The van der Waals surface area contributed by atoms with Gasteiger partial charge in [-0.1, -0.05) is 6.92 Å². The number of nitrogens with zero attached hydrogens (tertiary/aromatic N) is 4. The monoisotopic (exact) mass is 329 g/mol. The molecule has 1 aromatic carbocycles. The van der Waals surface area contributed by atoms with Crippen LogP contribution in [0.1, 0.15) is 12.6 Å². The second-order valence-corrected chi connectivity index (χ2v) is 5.10. The molecule has 0 aliphatic rings. The van der Waals surface area contributed by atoms with Gasteiger partial charge >= 0.3 is 0 Å². The summed E-state index contributed by atoms with van der Waals surface area (Å²) in [5.74, 6) is 1.06. The van der Waals surface area contributed by atoms with Crippen LogP contribution in [0.5, 0.6) is 0 Å². The van der Waals surface area contributed by atoms with Crippen LogP contribution in [0.3, 0.4) is 0 Å². The molecule has 3 rings (SSSR count). The molecule has 5 nitrogen and oxygen atoms in total. The topological polar surface area (TPSA) is 77.6 Å². The first kappa shape index (κ1) is 12.9. The van der Waals surface area contributed by atoms with E-state index >= 15 is 0 Å². The second-order valence-electron chi connectivity index (χ2n) is 4.31. The maximum atomic E-state index is 5.92. The van der Waals surface area contributed by atoms with Gasteiger partial charge in [-0.15, -0.1) is 0 Å². The number of anilines is 1. The van der Waals surface area contributed by atoms with Gasteiger partial charge in [0.05, 0.1) is 21.2 Å². The number of aryl methyl sites for hydroxylation is 1. The molecule has 2 N–H and O–H groups in total. The summed E-state index contributed by atoms with van der Waals surface area (Å²) in [6.45, 7) is 2.03. The molecule has 0 aliphatic heterocycles. The zero-order chi connectivity index (χ0) is 14.1. The van der Waals surface area contributed by atoms with E-state index < -0.39 is 0 Å². The minimum Gasteiger partial charge on any atom is -0.383 e. The summed E-state index contributed by atoms with van der Waals surface area (Å²) in [7, 11) is 0. The van der Waals surface area contributed by atoms with Crippen molar-refractivity contribution in [1.82, 2.24) is 19.9 Å². The highest BCUT2D eigenvalue weighted by molar-refractivity contribution is 9.10. The van der Waals surface area contributed by atoms with E-state index in [1.165, 1.54) is 0 Å². The van der Waals surface area contributed by atoms with Crippen molar-refractivity contribution >= 4 is 32.8 Å². The van der Waals surface area contributed by atoms with Crippen molar-refractivity contribution in [3.05, 3.63) is 40.8 Å². The first-order valence-electron chi connectivity index (χ1n) is 6.22. The molecule has 3 aromatic rings. The fraction of sp³-hybridized carbons (Fsp3) is 0.143. The highest BCUT2D eigenvalue weighted by Crippen LogP contribution is 2.26. The van der Waals surface area contributed by atoms with Crippen molar-refractivity contribution < 1.29 is 0 Å². The number of rotatable bonds is 2. The highest BCUT2D eigenvalue weighted by atomic mass is 79.9. The van der Waals surface area contributed by atoms with Crippen LogP contribution in [0, 0.1) is 0 Å². The lowest BCUT2D eigenvalue weighted by Crippen LogP contribution is -2.02. The number of benzene rings is 1. The average Bonchev–Trinajstić information content (AvgIpc) is 2.49. The van der Waals surface area contributed by atoms with Gasteiger partial charge in [-0.2, -0.15) is 0 Å². The van der Waals surface area contributed by atoms with Crippen molar-refractivity contribution in [3.63, 3.8) is 0 Å². The molecular formula is C14H12BrN5. The lowest BCUT2D eigenvalue weighted by Gasteiger charge is -2.08. The number of nitrogen functional groups attached to an aromatic ring is 1. The number of nitrogens with two attached hydrogens (primary N) is 1. The molecule has 0 fully saturated rings. The zero-order valence-electron chi connectivity index (χ0n) is 10.8. The van der Waals surface area contributed by atoms with Crippen LogP contribution in [0.2, 0.25) is 0 Å². The molecule has 0 aliphatic carbocycles. The normalized spacial score (nSPS) is 10.9. The Labute approximate surface area is 124 Å². The molecule has 0 spiro atoms. The van der Waals surface area contributed by atoms with Gasteiger partial charge in [0.15, 0.2) is 5.82 Å². The molecule has 100 valence electrons. The summed E-state index contributed by atoms with van der Waals surface area (Å²) < 4.78 is 0.768. The van der Waals surface area contributed by atoms with E-state index in [9.17, 15) is 0 Å². The minimum absolute atomic E-state index is 0.450. The van der Waals surface area contributed by atoms with Crippen LogP contribution in [0.25, 0.3) is 22.4 Å². The van der Waals surface area contributed by atoms with E-state index in [0.29, 0.717) is 11.6 Å². The Bertz CT molecular complexity index is 788. The van der Waals surface area contributed by atoms with Crippen molar-refractivity contribution in [2.24, 2.45) is 0 Å². The fourth-order valence-electron chi connectivity index (χ4n) is 1.98. The van der Waals surface area contributed by atoms with Crippen LogP contribution in [0.15, 0.2) is 35.1 Å². The van der Waals surface area contributed by atoms with E-state index in [4.69, 9.17) is 5.73 Å². The van der Waals surface area contributed by atoms with Gasteiger partial charge in [-0.25, -0.2) is 9.97 Å². The summed E-state index contributed by atoms with van der Waals surface area (Å²) in [4.78, 5) is 17.4. The Morgan fingerprint density at radius 2 is 1.85 bits per heavy atom. The van der Waals surface area contributed by atoms with Gasteiger partial charge in [-0.05, 0) is 40.5 Å². The molecule has 0 radical (unpaired) electrons. The summed E-state index contributed by atoms with van der Waals surface area (Å²) >= 11 is 3.41. The number of hydrogen-bond donors (Lipinski definition) is 1. The van der Waals surface area contributed by atoms with Gasteiger partial charge in [0.2, 0.25) is 0 Å². The van der Waals surface area contributed by atoms with E-state index in [0.717, 1.165) is 33.2 Å². The number of aromatic nitrogens is 4. The third-order valence-electron chi connectivity index (χ3n) is 3.01. The summed E-state index contributed by atoms with van der Waals surface area (Å²) in [6.07, 6.45) is 4.12. The van der Waals surface area contributed by atoms with E-state index in [1.54, 1.807) is 12.4 Å². The van der Waals surface area contributed by atoms with Crippen LogP contribution < -0.4 is 5.73 Å². The molecule has 0 bridgehead atoms. The smallest absolute Gasteiger partial charge is 0.161 e. The van der Waals surface area contributed by atoms with Crippen LogP contribution in [-0.2, 0) is 6.42 Å². The van der Waals surface area contributed by atoms with Crippen LogP contribution in [-0.4, -0.2) is 19.9 Å². The summed E-state index contributed by atoms with van der Waals surface area (Å²) in [5, 5.41) is 0. The standard InChI is InChI=1S/C14H12BrN5/c1-2-9-12(15)13(16)20-14(19-9)8-3-4-10-11(7-8)18-6-5-17-10/h3-7H,2H2,1H3,(H2,16,19,20). The first-order chi connectivity index (χ1) is 9.69. The molecule has 2 heterocycles. The lowest BCUT2D eigenvalue weighted by atomic mass is 10.1. The summed E-state index contributed by atoms with van der Waals surface area (Å²) in [5.41, 5.74) is 9.36. The number of fused-ring (bicyclic) bond motifs is 1. The Kier molecular flexibility index (Phi) is 3.31. The van der Waals surface area contributed by atoms with E-state index in [1.807, 2.05) is 25.1 Å². The van der Waals surface area contributed by atoms with Gasteiger partial charge in [0, 0.05) is 18.0 Å². The van der Waals surface area contributed by atoms with Crippen LogP contribution >= 0.6 is 15.9 Å². The fourth-order valence-corrected chi connectivity index (χ4v) is 2.44. The molecule has 0 saturated heterocycles. The largest absolute Gasteiger partial charge is 0.383 e. The molecule has 0 atom stereocenters. The molecule has 2 aromatic heterocycles. The first-order valence-corrected chi connectivity index (χ1v) is 7.01. The number of halogens is 1. The Hall–Kier alpha value is -2.08. The molecule has 0 amide bonds. The maximum Gasteiger partial charge on any atom is 0.161 e. The SMILES string of the molecule is CCc1nc(-c2ccc3nccnc3c2)nc(N)c1Br. The van der Waals surface area contributed by atoms with Gasteiger partial charge < -0.3 is 5.73 Å². The van der Waals surface area contributed by atoms with Gasteiger partial charge in [-0.3, -0.25) is 9.97 Å². The maximum absolute atomic E-state index is 5.92. The Morgan fingerprint density at radius 1 is 1.10 bits per heavy atom. The van der Waals surface area contributed by atoms with Crippen molar-refractivity contribution in [3.8, 4) is 11.4 Å². The summed E-state index contributed by atoms with van der Waals surface area (Å²) in [6, 6.07) is 5.76. The minimum atomic E-state index is 0.450. The Balaban J connectivity index is 2.17. The molecule has 0 saturated carbocycles. The third kappa shape index (κ3) is 2.22. The van der Waals surface area contributed by atoms with Gasteiger partial charge in [0.1, 0.15) is 5.82 Å². The zero-order valence-corrected chi connectivity index (χ0v) is 12.4. The van der Waals surface area contributed by atoms with E-state index in [-0.39, 0.29) is 0 Å². The van der Waals surface area contributed by atoms with Gasteiger partial charge in [0.25, 0.3) is 0 Å². The van der Waals surface area contributed by atoms with Crippen molar-refractivity contribution in [2.45, 2.75) is 13.3 Å². The second kappa shape index (κ2) is 5.13. The molecule has 20 heavy (non-hydrogen) atoms. The third-order valence-corrected chi connectivity index (χ3v) is 3.87. The van der Waals surface area contributed by atoms with Crippen molar-refractivity contribution in [1.29, 1.82) is 0 Å². The molecule has 6 heteroatoms. The predicted molar refractivity (Wildman–Crippen MR) is 82.1 cm³/mol. The number of hydrogen-bond acceptors (Lipinski definition) is 5. The molecular weight excluding hydrogens is 318 g/mol. The van der Waals surface area contributed by atoms with Crippen LogP contribution in [0.4, 0.5) is 5.82 Å². The Morgan fingerprint density at radius 3 is 2.60 bits per heavy atom. The predicted octanol–water partition coefficient (Wildman–Crippen LogP) is 2.99. The van der Waals surface area contributed by atoms with Crippen molar-refractivity contribution in [2.75, 3.05) is 5.73 Å². The van der Waals surface area contributed by atoms with E-state index in [2.05, 4.69) is 35.9 Å².